The summed E-state index contributed by atoms with van der Waals surface area (Å²) in [4.78, 5) is 11.9. The Bertz CT molecular complexity index is 335. The second-order valence-electron chi connectivity index (χ2n) is 2.44. The molecule has 1 rings (SSSR count). The van der Waals surface area contributed by atoms with Gasteiger partial charge in [0.05, 0.1) is 10.9 Å². The first-order valence-electron chi connectivity index (χ1n) is 3.94. The molecule has 0 aliphatic heterocycles. The van der Waals surface area contributed by atoms with Crippen LogP contribution < -0.4 is 5.32 Å². The van der Waals surface area contributed by atoms with Crippen molar-refractivity contribution in [3.05, 3.63) is 33.1 Å². The van der Waals surface area contributed by atoms with Gasteiger partial charge >= 0.3 is 5.97 Å². The van der Waals surface area contributed by atoms with Crippen LogP contribution in [0.2, 0.25) is 0 Å². The lowest BCUT2D eigenvalue weighted by molar-refractivity contribution is -0.134. The van der Waals surface area contributed by atoms with Gasteiger partial charge in [-0.1, -0.05) is 0 Å². The van der Waals surface area contributed by atoms with E-state index in [9.17, 15) is 4.79 Å². The van der Waals surface area contributed by atoms with Gasteiger partial charge in [-0.15, -0.1) is 11.3 Å². The molecule has 0 aromatic carbocycles. The topological polar surface area (TPSA) is 38.3 Å². The number of carbonyl (C=O) groups is 1. The molecule has 0 unspecified atom stereocenters. The summed E-state index contributed by atoms with van der Waals surface area (Å²) in [6.45, 7) is 0.712. The summed E-state index contributed by atoms with van der Waals surface area (Å²) < 4.78 is 5.54. The van der Waals surface area contributed by atoms with E-state index in [1.165, 1.54) is 18.1 Å². The highest BCUT2D eigenvalue weighted by Crippen LogP contribution is 2.21. The van der Waals surface area contributed by atoms with Crippen molar-refractivity contribution in [3.63, 3.8) is 0 Å². The SMILES string of the molecule is COC(=O)/C=C/NCc1ccc(Br)s1. The van der Waals surface area contributed by atoms with Crippen LogP contribution in [0.3, 0.4) is 0 Å². The maximum atomic E-state index is 10.7. The zero-order valence-corrected chi connectivity index (χ0v) is 10.0. The average Bonchev–Trinajstić information content (AvgIpc) is 2.58. The van der Waals surface area contributed by atoms with Crippen molar-refractivity contribution >= 4 is 33.2 Å². The number of rotatable bonds is 4. The van der Waals surface area contributed by atoms with Gasteiger partial charge in [-0.2, -0.15) is 0 Å². The van der Waals surface area contributed by atoms with Crippen LogP contribution in [-0.4, -0.2) is 13.1 Å². The molecule has 3 nitrogen and oxygen atoms in total. The molecule has 1 aromatic rings. The minimum Gasteiger partial charge on any atom is -0.466 e. The molecule has 0 aliphatic rings. The number of esters is 1. The Hall–Kier alpha value is -0.810. The van der Waals surface area contributed by atoms with Gasteiger partial charge < -0.3 is 10.1 Å². The summed E-state index contributed by atoms with van der Waals surface area (Å²) in [7, 11) is 1.35. The molecule has 14 heavy (non-hydrogen) atoms. The van der Waals surface area contributed by atoms with Crippen LogP contribution in [0.5, 0.6) is 0 Å². The van der Waals surface area contributed by atoms with Crippen molar-refractivity contribution in [1.82, 2.24) is 5.32 Å². The summed E-state index contributed by atoms with van der Waals surface area (Å²) >= 11 is 5.03. The second-order valence-corrected chi connectivity index (χ2v) is 4.99. The molecule has 0 saturated carbocycles. The molecule has 0 aliphatic carbocycles. The van der Waals surface area contributed by atoms with Gasteiger partial charge in [0.25, 0.3) is 0 Å². The summed E-state index contributed by atoms with van der Waals surface area (Å²) in [5.74, 6) is -0.357. The van der Waals surface area contributed by atoms with Gasteiger partial charge in [0.1, 0.15) is 0 Å². The molecule has 0 radical (unpaired) electrons. The van der Waals surface area contributed by atoms with Gasteiger partial charge in [-0.25, -0.2) is 4.79 Å². The average molecular weight is 276 g/mol. The lowest BCUT2D eigenvalue weighted by Crippen LogP contribution is -2.04. The van der Waals surface area contributed by atoms with E-state index in [0.717, 1.165) is 3.79 Å². The minimum atomic E-state index is -0.357. The van der Waals surface area contributed by atoms with Crippen molar-refractivity contribution < 1.29 is 9.53 Å². The van der Waals surface area contributed by atoms with Crippen LogP contribution in [-0.2, 0) is 16.1 Å². The largest absolute Gasteiger partial charge is 0.466 e. The molecular weight excluding hydrogens is 266 g/mol. The number of halogens is 1. The number of nitrogens with one attached hydrogen (secondary N) is 1. The van der Waals surface area contributed by atoms with Crippen LogP contribution in [0.15, 0.2) is 28.2 Å². The Morgan fingerprint density at radius 1 is 1.71 bits per heavy atom. The predicted octanol–water partition coefficient (Wildman–Crippen LogP) is 2.29. The van der Waals surface area contributed by atoms with Crippen LogP contribution in [0, 0.1) is 0 Å². The molecule has 1 aromatic heterocycles. The highest BCUT2D eigenvalue weighted by atomic mass is 79.9. The lowest BCUT2D eigenvalue weighted by Gasteiger charge is -1.96. The molecule has 0 saturated heterocycles. The van der Waals surface area contributed by atoms with E-state index in [1.807, 2.05) is 12.1 Å². The van der Waals surface area contributed by atoms with Crippen LogP contribution in [0.1, 0.15) is 4.88 Å². The normalized spacial score (nSPS) is 10.4. The fraction of sp³-hybridized carbons (Fsp3) is 0.222. The van der Waals surface area contributed by atoms with E-state index in [2.05, 4.69) is 26.0 Å². The fourth-order valence-electron chi connectivity index (χ4n) is 0.801. The third kappa shape index (κ3) is 3.93. The molecule has 0 amide bonds. The standard InChI is InChI=1S/C9H10BrNO2S/c1-13-9(12)4-5-11-6-7-2-3-8(10)14-7/h2-5,11H,6H2,1H3/b5-4+. The first-order valence-corrected chi connectivity index (χ1v) is 5.55. The fourth-order valence-corrected chi connectivity index (χ4v) is 2.24. The zero-order chi connectivity index (χ0) is 10.4. The van der Waals surface area contributed by atoms with Gasteiger partial charge in [0.15, 0.2) is 0 Å². The maximum Gasteiger partial charge on any atom is 0.331 e. The van der Waals surface area contributed by atoms with Crippen LogP contribution in [0.4, 0.5) is 0 Å². The number of ether oxygens (including phenoxy) is 1. The molecule has 0 bridgehead atoms. The Morgan fingerprint density at radius 3 is 3.07 bits per heavy atom. The van der Waals surface area contributed by atoms with E-state index < -0.39 is 0 Å². The molecule has 0 atom stereocenters. The molecule has 1 heterocycles. The van der Waals surface area contributed by atoms with Crippen molar-refractivity contribution in [2.45, 2.75) is 6.54 Å². The number of methoxy groups -OCH3 is 1. The quantitative estimate of drug-likeness (QED) is 0.677. The smallest absolute Gasteiger partial charge is 0.331 e. The summed E-state index contributed by atoms with van der Waals surface area (Å²) in [6.07, 6.45) is 2.93. The van der Waals surface area contributed by atoms with Crippen molar-refractivity contribution in [3.8, 4) is 0 Å². The van der Waals surface area contributed by atoms with E-state index in [0.29, 0.717) is 6.54 Å². The summed E-state index contributed by atoms with van der Waals surface area (Å²) in [5, 5.41) is 2.99. The first kappa shape index (κ1) is 11.3. The van der Waals surface area contributed by atoms with Gasteiger partial charge in [0.2, 0.25) is 0 Å². The van der Waals surface area contributed by atoms with Gasteiger partial charge in [0, 0.05) is 23.7 Å². The Labute approximate surface area is 94.9 Å². The number of thiophene rings is 1. The van der Waals surface area contributed by atoms with E-state index >= 15 is 0 Å². The third-order valence-corrected chi connectivity index (χ3v) is 3.07. The maximum absolute atomic E-state index is 10.7. The molecule has 76 valence electrons. The molecule has 5 heteroatoms. The molecule has 1 N–H and O–H groups in total. The molecule has 0 fully saturated rings. The number of hydrogen-bond acceptors (Lipinski definition) is 4. The third-order valence-electron chi connectivity index (χ3n) is 1.44. The van der Waals surface area contributed by atoms with Crippen molar-refractivity contribution in [2.24, 2.45) is 0 Å². The Balaban J connectivity index is 2.28. The van der Waals surface area contributed by atoms with Gasteiger partial charge in [-0.05, 0) is 28.1 Å². The minimum absolute atomic E-state index is 0.357. The molecule has 0 spiro atoms. The van der Waals surface area contributed by atoms with Crippen LogP contribution >= 0.6 is 27.3 Å². The summed E-state index contributed by atoms with van der Waals surface area (Å²) in [5.41, 5.74) is 0. The highest BCUT2D eigenvalue weighted by Gasteiger charge is 1.95. The van der Waals surface area contributed by atoms with Crippen molar-refractivity contribution in [1.29, 1.82) is 0 Å². The van der Waals surface area contributed by atoms with Gasteiger partial charge in [-0.3, -0.25) is 0 Å². The number of carbonyl (C=O) groups excluding carboxylic acids is 1. The second kappa shape index (κ2) is 5.82. The van der Waals surface area contributed by atoms with Crippen LogP contribution in [0.25, 0.3) is 0 Å². The van der Waals surface area contributed by atoms with E-state index in [-0.39, 0.29) is 5.97 Å². The Kier molecular flexibility index (Phi) is 4.69. The predicted molar refractivity (Wildman–Crippen MR) is 60.0 cm³/mol. The first-order chi connectivity index (χ1) is 6.72. The lowest BCUT2D eigenvalue weighted by atomic mass is 10.4. The van der Waals surface area contributed by atoms with E-state index in [4.69, 9.17) is 0 Å². The molecular formula is C9H10BrNO2S. The van der Waals surface area contributed by atoms with Crippen molar-refractivity contribution in [2.75, 3.05) is 7.11 Å². The Morgan fingerprint density at radius 2 is 2.50 bits per heavy atom. The monoisotopic (exact) mass is 275 g/mol. The zero-order valence-electron chi connectivity index (χ0n) is 7.62. The summed E-state index contributed by atoms with van der Waals surface area (Å²) in [6, 6.07) is 4.01. The highest BCUT2D eigenvalue weighted by molar-refractivity contribution is 9.11. The van der Waals surface area contributed by atoms with E-state index in [1.54, 1.807) is 17.5 Å². The number of hydrogen-bond donors (Lipinski definition) is 1.